The van der Waals surface area contributed by atoms with Crippen molar-refractivity contribution in [1.82, 2.24) is 9.97 Å². The van der Waals surface area contributed by atoms with E-state index in [0.29, 0.717) is 29.3 Å². The van der Waals surface area contributed by atoms with Crippen LogP contribution in [0.25, 0.3) is 0 Å². The smallest absolute Gasteiger partial charge is 0.255 e. The van der Waals surface area contributed by atoms with E-state index < -0.39 is 0 Å². The molecule has 2 aromatic rings. The zero-order valence-corrected chi connectivity index (χ0v) is 10.6. The summed E-state index contributed by atoms with van der Waals surface area (Å²) in [5.74, 6) is 0.369. The van der Waals surface area contributed by atoms with E-state index in [9.17, 15) is 4.79 Å². The van der Waals surface area contributed by atoms with Gasteiger partial charge in [-0.25, -0.2) is 4.98 Å². The molecule has 0 bridgehead atoms. The van der Waals surface area contributed by atoms with Gasteiger partial charge in [-0.2, -0.15) is 0 Å². The third-order valence-corrected chi connectivity index (χ3v) is 2.76. The van der Waals surface area contributed by atoms with Crippen LogP contribution >= 0.6 is 0 Å². The molecule has 6 nitrogen and oxygen atoms in total. The molecule has 0 saturated carbocycles. The number of aromatic amines is 1. The number of aliphatic hydroxyl groups excluding tert-OH is 1. The Kier molecular flexibility index (Phi) is 3.82. The Morgan fingerprint density at radius 3 is 2.63 bits per heavy atom. The minimum Gasteiger partial charge on any atom is -0.399 e. The summed E-state index contributed by atoms with van der Waals surface area (Å²) in [5, 5.41) is 11.9. The van der Waals surface area contributed by atoms with E-state index in [1.165, 1.54) is 0 Å². The number of aryl methyl sites for hydroxylation is 1. The van der Waals surface area contributed by atoms with E-state index in [-0.39, 0.29) is 12.2 Å². The molecule has 0 unspecified atom stereocenters. The highest BCUT2D eigenvalue weighted by Gasteiger charge is 2.07. The van der Waals surface area contributed by atoms with Crippen molar-refractivity contribution >= 4 is 17.3 Å². The number of hydrogen-bond donors (Lipinski definition) is 4. The predicted octanol–water partition coefficient (Wildman–Crippen LogP) is 0.939. The summed E-state index contributed by atoms with van der Waals surface area (Å²) in [6.07, 6.45) is 0.302. The second-order valence-electron chi connectivity index (χ2n) is 4.20. The van der Waals surface area contributed by atoms with Crippen LogP contribution in [0.15, 0.2) is 29.1 Å². The van der Waals surface area contributed by atoms with Crippen molar-refractivity contribution in [2.24, 2.45) is 0 Å². The molecule has 19 heavy (non-hydrogen) atoms. The van der Waals surface area contributed by atoms with Crippen LogP contribution in [0, 0.1) is 6.92 Å². The molecule has 0 aliphatic rings. The van der Waals surface area contributed by atoms with Crippen LogP contribution in [-0.2, 0) is 6.42 Å². The van der Waals surface area contributed by atoms with Crippen molar-refractivity contribution < 1.29 is 5.11 Å². The highest BCUT2D eigenvalue weighted by Crippen LogP contribution is 2.14. The number of nitrogens with one attached hydrogen (secondary N) is 2. The summed E-state index contributed by atoms with van der Waals surface area (Å²) in [5.41, 5.74) is 7.92. The molecule has 0 aliphatic carbocycles. The van der Waals surface area contributed by atoms with Gasteiger partial charge < -0.3 is 16.2 Å². The Morgan fingerprint density at radius 2 is 2.05 bits per heavy atom. The minimum atomic E-state index is -0.237. The summed E-state index contributed by atoms with van der Waals surface area (Å²) in [7, 11) is 0. The van der Waals surface area contributed by atoms with Gasteiger partial charge in [0.2, 0.25) is 5.95 Å². The molecular weight excluding hydrogens is 244 g/mol. The van der Waals surface area contributed by atoms with Gasteiger partial charge in [0.05, 0.1) is 5.69 Å². The van der Waals surface area contributed by atoms with Crippen LogP contribution in [0.3, 0.4) is 0 Å². The molecule has 100 valence electrons. The molecule has 5 N–H and O–H groups in total. The number of anilines is 3. The molecule has 1 heterocycles. The number of hydrogen-bond acceptors (Lipinski definition) is 5. The van der Waals surface area contributed by atoms with Crippen molar-refractivity contribution in [1.29, 1.82) is 0 Å². The highest BCUT2D eigenvalue weighted by atomic mass is 16.3. The SMILES string of the molecule is Cc1nc(Nc2ccc(N)cc2)[nH]c(=O)c1CCO. The Hall–Kier alpha value is -2.34. The van der Waals surface area contributed by atoms with E-state index in [0.717, 1.165) is 5.69 Å². The van der Waals surface area contributed by atoms with Crippen LogP contribution in [0.1, 0.15) is 11.3 Å². The highest BCUT2D eigenvalue weighted by molar-refractivity contribution is 5.57. The van der Waals surface area contributed by atoms with E-state index in [1.54, 1.807) is 31.2 Å². The molecule has 2 rings (SSSR count). The maximum Gasteiger partial charge on any atom is 0.255 e. The Bertz CT molecular complexity index is 620. The molecule has 0 fully saturated rings. The Labute approximate surface area is 110 Å². The first kappa shape index (κ1) is 13.1. The second kappa shape index (κ2) is 5.53. The van der Waals surface area contributed by atoms with Crippen LogP contribution in [0.2, 0.25) is 0 Å². The topological polar surface area (TPSA) is 104 Å². The monoisotopic (exact) mass is 260 g/mol. The van der Waals surface area contributed by atoms with Gasteiger partial charge in [-0.3, -0.25) is 9.78 Å². The molecule has 0 radical (unpaired) electrons. The van der Waals surface area contributed by atoms with Gasteiger partial charge >= 0.3 is 0 Å². The van der Waals surface area contributed by atoms with E-state index >= 15 is 0 Å². The quantitative estimate of drug-likeness (QED) is 0.612. The fourth-order valence-corrected chi connectivity index (χ4v) is 1.78. The summed E-state index contributed by atoms with van der Waals surface area (Å²) in [4.78, 5) is 18.7. The summed E-state index contributed by atoms with van der Waals surface area (Å²) in [6, 6.07) is 7.11. The standard InChI is InChI=1S/C13H16N4O2/c1-8-11(6-7-18)12(19)17-13(15-8)16-10-4-2-9(14)3-5-10/h2-5,18H,6-7,14H2,1H3,(H2,15,16,17,19). The molecule has 0 saturated heterocycles. The minimum absolute atomic E-state index is 0.0731. The zero-order valence-electron chi connectivity index (χ0n) is 10.6. The van der Waals surface area contributed by atoms with Crippen LogP contribution in [0.4, 0.5) is 17.3 Å². The summed E-state index contributed by atoms with van der Waals surface area (Å²) < 4.78 is 0. The fraction of sp³-hybridized carbons (Fsp3) is 0.231. The number of benzene rings is 1. The maximum atomic E-state index is 11.8. The fourth-order valence-electron chi connectivity index (χ4n) is 1.78. The molecule has 0 atom stereocenters. The first-order valence-electron chi connectivity index (χ1n) is 5.93. The lowest BCUT2D eigenvalue weighted by Gasteiger charge is -2.08. The Morgan fingerprint density at radius 1 is 1.37 bits per heavy atom. The van der Waals surface area contributed by atoms with Crippen molar-refractivity contribution in [3.05, 3.63) is 45.9 Å². The van der Waals surface area contributed by atoms with Crippen LogP contribution in [-0.4, -0.2) is 21.7 Å². The van der Waals surface area contributed by atoms with Crippen molar-refractivity contribution in [2.75, 3.05) is 17.7 Å². The van der Waals surface area contributed by atoms with Gasteiger partial charge in [0, 0.05) is 30.0 Å². The number of rotatable bonds is 4. The first-order chi connectivity index (χ1) is 9.10. The van der Waals surface area contributed by atoms with Gasteiger partial charge in [-0.05, 0) is 31.2 Å². The molecular formula is C13H16N4O2. The molecule has 1 aromatic carbocycles. The molecule has 0 spiro atoms. The number of aliphatic hydroxyl groups is 1. The second-order valence-corrected chi connectivity index (χ2v) is 4.20. The maximum absolute atomic E-state index is 11.8. The van der Waals surface area contributed by atoms with Gasteiger partial charge in [0.15, 0.2) is 0 Å². The largest absolute Gasteiger partial charge is 0.399 e. The van der Waals surface area contributed by atoms with Gasteiger partial charge in [0.25, 0.3) is 5.56 Å². The van der Waals surface area contributed by atoms with Crippen LogP contribution in [0.5, 0.6) is 0 Å². The summed E-state index contributed by atoms with van der Waals surface area (Å²) >= 11 is 0. The average molecular weight is 260 g/mol. The lowest BCUT2D eigenvalue weighted by Crippen LogP contribution is -2.19. The lowest BCUT2D eigenvalue weighted by molar-refractivity contribution is 0.298. The number of aromatic nitrogens is 2. The zero-order chi connectivity index (χ0) is 13.8. The van der Waals surface area contributed by atoms with Crippen LogP contribution < -0.4 is 16.6 Å². The van der Waals surface area contributed by atoms with Crippen molar-refractivity contribution in [2.45, 2.75) is 13.3 Å². The molecule has 1 aromatic heterocycles. The number of H-pyrrole nitrogens is 1. The van der Waals surface area contributed by atoms with E-state index in [4.69, 9.17) is 10.8 Å². The number of nitrogens with two attached hydrogens (primary N) is 1. The van der Waals surface area contributed by atoms with E-state index in [2.05, 4.69) is 15.3 Å². The Balaban J connectivity index is 2.27. The van der Waals surface area contributed by atoms with Gasteiger partial charge in [-0.15, -0.1) is 0 Å². The summed E-state index contributed by atoms with van der Waals surface area (Å²) in [6.45, 7) is 1.67. The third kappa shape index (κ3) is 3.11. The third-order valence-electron chi connectivity index (χ3n) is 2.76. The molecule has 0 amide bonds. The first-order valence-corrected chi connectivity index (χ1v) is 5.93. The van der Waals surface area contributed by atoms with E-state index in [1.807, 2.05) is 0 Å². The lowest BCUT2D eigenvalue weighted by atomic mass is 10.2. The number of nitrogens with zero attached hydrogens (tertiary/aromatic N) is 1. The van der Waals surface area contributed by atoms with Crippen molar-refractivity contribution in [3.63, 3.8) is 0 Å². The normalized spacial score (nSPS) is 10.4. The van der Waals surface area contributed by atoms with Gasteiger partial charge in [-0.1, -0.05) is 0 Å². The predicted molar refractivity (Wildman–Crippen MR) is 74.5 cm³/mol. The van der Waals surface area contributed by atoms with Gasteiger partial charge in [0.1, 0.15) is 0 Å². The molecule has 0 aliphatic heterocycles. The van der Waals surface area contributed by atoms with Crippen molar-refractivity contribution in [3.8, 4) is 0 Å². The number of nitrogen functional groups attached to an aromatic ring is 1. The molecule has 6 heteroatoms. The average Bonchev–Trinajstić information content (AvgIpc) is 2.37.